The molecule has 0 bridgehead atoms. The molecular weight excluding hydrogens is 204 g/mol. The Labute approximate surface area is 93.2 Å². The molecule has 0 aromatic carbocycles. The molecule has 0 radical (unpaired) electrons. The number of aliphatic hydroxyl groups is 1. The van der Waals surface area contributed by atoms with Gasteiger partial charge in [0.15, 0.2) is 11.5 Å². The fourth-order valence-corrected chi connectivity index (χ4v) is 1.61. The van der Waals surface area contributed by atoms with Crippen molar-refractivity contribution in [3.63, 3.8) is 0 Å². The Morgan fingerprint density at radius 1 is 1.56 bits per heavy atom. The third kappa shape index (κ3) is 1.59. The molecule has 16 heavy (non-hydrogen) atoms. The number of fused-ring (bicyclic) bond motifs is 1. The number of aliphatic hydroxyl groups excluding tert-OH is 1. The summed E-state index contributed by atoms with van der Waals surface area (Å²) in [7, 11) is 1.80. The molecule has 2 aromatic heterocycles. The highest BCUT2D eigenvalue weighted by Gasteiger charge is 2.14. The van der Waals surface area contributed by atoms with E-state index < -0.39 is 0 Å². The number of likely N-dealkylation sites (N-methyl/N-ethyl adjacent to an activating group) is 1. The Morgan fingerprint density at radius 3 is 3.06 bits per heavy atom. The number of hydrogen-bond donors (Lipinski definition) is 1. The zero-order valence-corrected chi connectivity index (χ0v) is 8.96. The molecule has 0 unspecified atom stereocenters. The average molecular weight is 216 g/mol. The van der Waals surface area contributed by atoms with Gasteiger partial charge in [-0.2, -0.15) is 5.26 Å². The summed E-state index contributed by atoms with van der Waals surface area (Å²) in [5.74, 6) is 0.600. The number of imidazole rings is 1. The zero-order chi connectivity index (χ0) is 11.5. The molecule has 0 aliphatic carbocycles. The van der Waals surface area contributed by atoms with Crippen LogP contribution in [0.2, 0.25) is 0 Å². The van der Waals surface area contributed by atoms with E-state index >= 15 is 0 Å². The molecule has 2 aromatic rings. The standard InChI is InChI=1S/C11H12N4O/c1-14(6-7-16)11-9(8-12)15-5-3-2-4-10(15)13-11/h2-5,16H,6-7H2,1H3. The second kappa shape index (κ2) is 4.21. The highest BCUT2D eigenvalue weighted by molar-refractivity contribution is 5.59. The van der Waals surface area contributed by atoms with E-state index in [-0.39, 0.29) is 6.61 Å². The van der Waals surface area contributed by atoms with Crippen LogP contribution in [0.15, 0.2) is 24.4 Å². The lowest BCUT2D eigenvalue weighted by Crippen LogP contribution is -2.22. The van der Waals surface area contributed by atoms with Crippen LogP contribution in [-0.2, 0) is 0 Å². The highest BCUT2D eigenvalue weighted by Crippen LogP contribution is 2.19. The summed E-state index contributed by atoms with van der Waals surface area (Å²) in [4.78, 5) is 6.13. The maximum absolute atomic E-state index is 9.12. The monoisotopic (exact) mass is 216 g/mol. The lowest BCUT2D eigenvalue weighted by atomic mass is 10.4. The van der Waals surface area contributed by atoms with E-state index in [2.05, 4.69) is 11.1 Å². The predicted octanol–water partition coefficient (Wildman–Crippen LogP) is 0.634. The molecule has 0 saturated carbocycles. The van der Waals surface area contributed by atoms with Gasteiger partial charge in [0.1, 0.15) is 11.7 Å². The van der Waals surface area contributed by atoms with Crippen LogP contribution in [0, 0.1) is 11.3 Å². The Kier molecular flexibility index (Phi) is 2.75. The average Bonchev–Trinajstić information content (AvgIpc) is 2.67. The van der Waals surface area contributed by atoms with Crippen molar-refractivity contribution in [3.05, 3.63) is 30.1 Å². The van der Waals surface area contributed by atoms with Crippen molar-refractivity contribution in [1.82, 2.24) is 9.38 Å². The van der Waals surface area contributed by atoms with E-state index in [4.69, 9.17) is 10.4 Å². The number of pyridine rings is 1. The number of aromatic nitrogens is 2. The highest BCUT2D eigenvalue weighted by atomic mass is 16.3. The lowest BCUT2D eigenvalue weighted by molar-refractivity contribution is 0.304. The van der Waals surface area contributed by atoms with E-state index in [1.165, 1.54) is 0 Å². The van der Waals surface area contributed by atoms with Crippen LogP contribution < -0.4 is 4.90 Å². The van der Waals surface area contributed by atoms with Gasteiger partial charge >= 0.3 is 0 Å². The summed E-state index contributed by atoms with van der Waals surface area (Å²) in [5, 5.41) is 18.0. The van der Waals surface area contributed by atoms with E-state index in [1.807, 2.05) is 18.2 Å². The van der Waals surface area contributed by atoms with Gasteiger partial charge in [-0.15, -0.1) is 0 Å². The predicted molar refractivity (Wildman–Crippen MR) is 60.3 cm³/mol. The van der Waals surface area contributed by atoms with Gasteiger partial charge in [0, 0.05) is 19.8 Å². The molecule has 0 amide bonds. The van der Waals surface area contributed by atoms with Gasteiger partial charge in [-0.25, -0.2) is 4.98 Å². The molecule has 2 rings (SSSR count). The van der Waals surface area contributed by atoms with E-state index in [0.717, 1.165) is 5.65 Å². The van der Waals surface area contributed by atoms with Crippen LogP contribution in [-0.4, -0.2) is 34.7 Å². The number of nitrogens with zero attached hydrogens (tertiary/aromatic N) is 4. The van der Waals surface area contributed by atoms with E-state index in [1.54, 1.807) is 22.5 Å². The number of nitriles is 1. The van der Waals surface area contributed by atoms with Crippen LogP contribution in [0.25, 0.3) is 5.65 Å². The molecule has 0 fully saturated rings. The molecular formula is C11H12N4O. The van der Waals surface area contributed by atoms with Crippen LogP contribution in [0.3, 0.4) is 0 Å². The summed E-state index contributed by atoms with van der Waals surface area (Å²) in [6.45, 7) is 0.494. The molecule has 2 heterocycles. The number of hydrogen-bond acceptors (Lipinski definition) is 4. The van der Waals surface area contributed by atoms with Crippen molar-refractivity contribution >= 4 is 11.5 Å². The first kappa shape index (κ1) is 10.5. The second-order valence-corrected chi connectivity index (χ2v) is 3.47. The van der Waals surface area contributed by atoms with Crippen molar-refractivity contribution in [2.75, 3.05) is 25.1 Å². The minimum absolute atomic E-state index is 0.0369. The van der Waals surface area contributed by atoms with Gasteiger partial charge in [0.2, 0.25) is 0 Å². The molecule has 0 saturated heterocycles. The third-order valence-electron chi connectivity index (χ3n) is 2.41. The van der Waals surface area contributed by atoms with Gasteiger partial charge in [0.05, 0.1) is 6.61 Å². The lowest BCUT2D eigenvalue weighted by Gasteiger charge is -2.14. The molecule has 82 valence electrons. The van der Waals surface area contributed by atoms with Crippen LogP contribution in [0.1, 0.15) is 5.69 Å². The van der Waals surface area contributed by atoms with Crippen LogP contribution in [0.5, 0.6) is 0 Å². The van der Waals surface area contributed by atoms with Crippen molar-refractivity contribution in [2.24, 2.45) is 0 Å². The second-order valence-electron chi connectivity index (χ2n) is 3.47. The third-order valence-corrected chi connectivity index (χ3v) is 2.41. The molecule has 0 aliphatic heterocycles. The maximum atomic E-state index is 9.12. The molecule has 1 N–H and O–H groups in total. The molecule has 0 spiro atoms. The Hall–Kier alpha value is -2.06. The van der Waals surface area contributed by atoms with Crippen molar-refractivity contribution in [2.45, 2.75) is 0 Å². The zero-order valence-electron chi connectivity index (χ0n) is 8.96. The quantitative estimate of drug-likeness (QED) is 0.817. The van der Waals surface area contributed by atoms with Crippen molar-refractivity contribution < 1.29 is 5.11 Å². The summed E-state index contributed by atoms with van der Waals surface area (Å²) in [6, 6.07) is 7.71. The summed E-state index contributed by atoms with van der Waals surface area (Å²) in [5.41, 5.74) is 1.23. The minimum atomic E-state index is 0.0369. The van der Waals surface area contributed by atoms with Gasteiger partial charge < -0.3 is 10.0 Å². The van der Waals surface area contributed by atoms with Gasteiger partial charge in [-0.05, 0) is 12.1 Å². The van der Waals surface area contributed by atoms with Gasteiger partial charge in [-0.3, -0.25) is 4.40 Å². The first-order valence-electron chi connectivity index (χ1n) is 4.97. The Bertz CT molecular complexity index is 540. The summed E-state index contributed by atoms with van der Waals surface area (Å²) < 4.78 is 1.74. The molecule has 5 nitrogen and oxygen atoms in total. The molecule has 5 heteroatoms. The summed E-state index contributed by atoms with van der Waals surface area (Å²) >= 11 is 0. The van der Waals surface area contributed by atoms with E-state index in [9.17, 15) is 0 Å². The molecule has 0 aliphatic rings. The largest absolute Gasteiger partial charge is 0.395 e. The maximum Gasteiger partial charge on any atom is 0.169 e. The van der Waals surface area contributed by atoms with Gasteiger partial charge in [0.25, 0.3) is 0 Å². The first-order valence-corrected chi connectivity index (χ1v) is 4.97. The first-order chi connectivity index (χ1) is 7.77. The van der Waals surface area contributed by atoms with Crippen LogP contribution in [0.4, 0.5) is 5.82 Å². The van der Waals surface area contributed by atoms with Gasteiger partial charge in [-0.1, -0.05) is 6.07 Å². The van der Waals surface area contributed by atoms with Crippen LogP contribution >= 0.6 is 0 Å². The Morgan fingerprint density at radius 2 is 2.38 bits per heavy atom. The fraction of sp³-hybridized carbons (Fsp3) is 0.273. The number of anilines is 1. The Balaban J connectivity index is 2.57. The van der Waals surface area contributed by atoms with Crippen molar-refractivity contribution in [3.8, 4) is 6.07 Å². The normalized spacial score (nSPS) is 10.3. The minimum Gasteiger partial charge on any atom is -0.395 e. The summed E-state index contributed by atoms with van der Waals surface area (Å²) in [6.07, 6.45) is 1.80. The fourth-order valence-electron chi connectivity index (χ4n) is 1.61. The topological polar surface area (TPSA) is 64.6 Å². The molecule has 0 atom stereocenters. The number of rotatable bonds is 3. The van der Waals surface area contributed by atoms with E-state index in [0.29, 0.717) is 18.1 Å². The smallest absolute Gasteiger partial charge is 0.169 e. The van der Waals surface area contributed by atoms with Crippen molar-refractivity contribution in [1.29, 1.82) is 5.26 Å². The SMILES string of the molecule is CN(CCO)c1nc2ccccn2c1C#N.